The van der Waals surface area contributed by atoms with Crippen LogP contribution in [0.15, 0.2) is 16.8 Å². The monoisotopic (exact) mass is 516 g/mol. The number of nitrogens with one attached hydrogen (secondary N) is 1. The summed E-state index contributed by atoms with van der Waals surface area (Å²) in [6.45, 7) is 4.32. The van der Waals surface area contributed by atoms with Gasteiger partial charge in [-0.25, -0.2) is 4.79 Å². The molecule has 0 aromatic rings. The fourth-order valence-corrected chi connectivity index (χ4v) is 8.27. The van der Waals surface area contributed by atoms with E-state index in [9.17, 15) is 19.8 Å². The molecule has 7 atom stereocenters. The number of terminal acetylenes is 1. The normalized spacial score (nSPS) is 39.1. The first-order valence-corrected chi connectivity index (χ1v) is 14.6. The summed E-state index contributed by atoms with van der Waals surface area (Å²) in [6, 6.07) is -0.914. The summed E-state index contributed by atoms with van der Waals surface area (Å²) in [5.74, 6) is 3.53. The first-order valence-electron chi connectivity index (χ1n) is 13.2. The number of nitrogens with zero attached hydrogens (tertiary/aromatic N) is 1. The summed E-state index contributed by atoms with van der Waals surface area (Å²) in [6.07, 6.45) is 17.9. The molecule has 0 aliphatic heterocycles. The number of carboxylic acid groups (broad SMARTS) is 1. The van der Waals surface area contributed by atoms with E-state index in [1.165, 1.54) is 17.3 Å². The number of allylic oxidation sites excluding steroid dienone is 2. The molecule has 3 saturated carbocycles. The largest absolute Gasteiger partial charge is 0.480 e. The molecule has 3 fully saturated rings. The van der Waals surface area contributed by atoms with Crippen LogP contribution in [0.25, 0.3) is 0 Å². The van der Waals surface area contributed by atoms with Crippen molar-refractivity contribution in [2.24, 2.45) is 33.7 Å². The maximum atomic E-state index is 12.2. The Morgan fingerprint density at radius 2 is 2.00 bits per heavy atom. The van der Waals surface area contributed by atoms with Crippen molar-refractivity contribution >= 4 is 29.4 Å². The summed E-state index contributed by atoms with van der Waals surface area (Å²) in [5, 5.41) is 27.2. The highest BCUT2D eigenvalue weighted by Crippen LogP contribution is 2.67. The molecule has 3 N–H and O–H groups in total. The predicted octanol–water partition coefficient (Wildman–Crippen LogP) is 4.01. The van der Waals surface area contributed by atoms with E-state index in [-0.39, 0.29) is 17.4 Å². The molecule has 0 radical (unpaired) electrons. The number of carbonyl (C=O) groups is 2. The van der Waals surface area contributed by atoms with Gasteiger partial charge < -0.3 is 20.4 Å². The Hall–Kier alpha value is -1.98. The number of amides is 1. The van der Waals surface area contributed by atoms with Crippen molar-refractivity contribution in [2.45, 2.75) is 83.3 Å². The van der Waals surface area contributed by atoms with Crippen molar-refractivity contribution in [1.82, 2.24) is 5.32 Å². The summed E-state index contributed by atoms with van der Waals surface area (Å²) in [4.78, 5) is 28.8. The van der Waals surface area contributed by atoms with Gasteiger partial charge in [-0.15, -0.1) is 6.42 Å². The lowest BCUT2D eigenvalue weighted by Crippen LogP contribution is -2.54. The van der Waals surface area contributed by atoms with Crippen LogP contribution >= 0.6 is 11.8 Å². The fourth-order valence-electron chi connectivity index (χ4n) is 7.80. The van der Waals surface area contributed by atoms with Gasteiger partial charge in [0, 0.05) is 5.41 Å². The van der Waals surface area contributed by atoms with Crippen LogP contribution in [0.2, 0.25) is 0 Å². The van der Waals surface area contributed by atoms with Crippen LogP contribution in [-0.2, 0) is 14.4 Å². The minimum atomic E-state index is -1.04. The molecule has 4 rings (SSSR count). The number of carboxylic acids is 1. The third-order valence-corrected chi connectivity index (χ3v) is 10.6. The molecule has 198 valence electrons. The number of hydrogen-bond donors (Lipinski definition) is 3. The predicted molar refractivity (Wildman–Crippen MR) is 141 cm³/mol. The van der Waals surface area contributed by atoms with Gasteiger partial charge in [0.1, 0.15) is 11.6 Å². The fraction of sp³-hybridized carbons (Fsp3) is 0.750. The molecule has 0 spiro atoms. The van der Waals surface area contributed by atoms with Gasteiger partial charge in [0.25, 0.3) is 5.91 Å². The number of aliphatic hydroxyl groups is 1. The number of hydrogen-bond acceptors (Lipinski definition) is 6. The van der Waals surface area contributed by atoms with E-state index in [2.05, 4.69) is 36.3 Å². The maximum Gasteiger partial charge on any atom is 0.326 e. The number of thioether (sulfide) groups is 1. The zero-order valence-electron chi connectivity index (χ0n) is 21.7. The van der Waals surface area contributed by atoms with Crippen LogP contribution in [0.5, 0.6) is 0 Å². The third-order valence-electron chi connectivity index (χ3n) is 9.99. The molecule has 36 heavy (non-hydrogen) atoms. The Morgan fingerprint density at radius 3 is 2.69 bits per heavy atom. The third kappa shape index (κ3) is 4.69. The smallest absolute Gasteiger partial charge is 0.326 e. The van der Waals surface area contributed by atoms with E-state index in [0.717, 1.165) is 50.7 Å². The van der Waals surface area contributed by atoms with Crippen LogP contribution in [0.4, 0.5) is 0 Å². The summed E-state index contributed by atoms with van der Waals surface area (Å²) in [5.41, 5.74) is 1.21. The zero-order valence-corrected chi connectivity index (χ0v) is 22.5. The lowest BCUT2D eigenvalue weighted by atomic mass is 9.46. The lowest BCUT2D eigenvalue weighted by Gasteiger charge is -2.58. The number of rotatable bonds is 8. The molecule has 0 aromatic heterocycles. The van der Waals surface area contributed by atoms with Gasteiger partial charge in [0.15, 0.2) is 6.61 Å². The second kappa shape index (κ2) is 10.4. The van der Waals surface area contributed by atoms with Crippen LogP contribution in [0.1, 0.15) is 71.6 Å². The molecular formula is C28H40N2O5S. The minimum Gasteiger partial charge on any atom is -0.480 e. The average molecular weight is 517 g/mol. The molecule has 1 amide bonds. The molecule has 8 heteroatoms. The Balaban J connectivity index is 1.38. The van der Waals surface area contributed by atoms with E-state index in [0.29, 0.717) is 36.3 Å². The van der Waals surface area contributed by atoms with E-state index >= 15 is 0 Å². The van der Waals surface area contributed by atoms with Crippen molar-refractivity contribution < 1.29 is 24.6 Å². The topological polar surface area (TPSA) is 108 Å². The quantitative estimate of drug-likeness (QED) is 0.332. The summed E-state index contributed by atoms with van der Waals surface area (Å²) < 4.78 is 0. The molecule has 4 aliphatic carbocycles. The van der Waals surface area contributed by atoms with E-state index in [1.54, 1.807) is 0 Å². The summed E-state index contributed by atoms with van der Waals surface area (Å²) in [7, 11) is 0. The second-order valence-electron chi connectivity index (χ2n) is 11.6. The van der Waals surface area contributed by atoms with Gasteiger partial charge in [0.2, 0.25) is 0 Å². The van der Waals surface area contributed by atoms with Crippen LogP contribution < -0.4 is 5.32 Å². The van der Waals surface area contributed by atoms with Crippen molar-refractivity contribution in [3.8, 4) is 12.3 Å². The standard InChI is InChI=1S/C28H40N2O5S/c1-5-28(34)14-10-22-20-7-6-18-16-19(8-12-26(18,2)21(20)9-13-27(22,28)3)30-35-17-24(31)29-23(25(32)33)11-15-36-4/h1,16,20-23,34H,6-15,17H2,2-4H3,(H,29,31)(H,32,33)/b30-19+/t20-,21+,22+,23?,26+,27+,28-/m1/s1. The molecule has 0 aromatic carbocycles. The van der Waals surface area contributed by atoms with E-state index in [1.807, 2.05) is 6.26 Å². The highest BCUT2D eigenvalue weighted by Gasteiger charge is 2.63. The highest BCUT2D eigenvalue weighted by atomic mass is 32.2. The lowest BCUT2D eigenvalue weighted by molar-refractivity contribution is -0.142. The molecule has 0 bridgehead atoms. The summed E-state index contributed by atoms with van der Waals surface area (Å²) >= 11 is 1.54. The minimum absolute atomic E-state index is 0.115. The first-order chi connectivity index (χ1) is 17.1. The first kappa shape index (κ1) is 27.1. The number of aliphatic carboxylic acids is 1. The average Bonchev–Trinajstić information content (AvgIpc) is 3.12. The Kier molecular flexibility index (Phi) is 7.83. The molecule has 0 heterocycles. The Bertz CT molecular complexity index is 989. The maximum absolute atomic E-state index is 12.2. The van der Waals surface area contributed by atoms with E-state index in [4.69, 9.17) is 11.3 Å². The second-order valence-corrected chi connectivity index (χ2v) is 12.6. The van der Waals surface area contributed by atoms with Crippen LogP contribution in [0.3, 0.4) is 0 Å². The van der Waals surface area contributed by atoms with Gasteiger partial charge in [-0.3, -0.25) is 4.79 Å². The highest BCUT2D eigenvalue weighted by molar-refractivity contribution is 7.98. The molecule has 1 unspecified atom stereocenters. The number of carbonyl (C=O) groups excluding carboxylic acids is 1. The van der Waals surface area contributed by atoms with Gasteiger partial charge in [-0.05, 0) is 99.0 Å². The number of oxime groups is 1. The van der Waals surface area contributed by atoms with Gasteiger partial charge in [0.05, 0.1) is 5.71 Å². The Morgan fingerprint density at radius 1 is 1.25 bits per heavy atom. The molecule has 0 saturated heterocycles. The number of fused-ring (bicyclic) bond motifs is 5. The SMILES string of the molecule is C#C[C@@]1(O)CC[C@H]2[C@@H]3CCC4=C/C(=N/OCC(=O)NC(CCSC)C(=O)O)CC[C@]4(C)[C@H]3CC[C@@]21C. The van der Waals surface area contributed by atoms with Crippen molar-refractivity contribution in [1.29, 1.82) is 0 Å². The van der Waals surface area contributed by atoms with Crippen LogP contribution in [0, 0.1) is 40.9 Å². The van der Waals surface area contributed by atoms with Crippen LogP contribution in [-0.4, -0.2) is 58.1 Å². The molecule has 4 aliphatic rings. The van der Waals surface area contributed by atoms with Crippen molar-refractivity contribution in [2.75, 3.05) is 18.6 Å². The Labute approximate surface area is 218 Å². The van der Waals surface area contributed by atoms with Gasteiger partial charge in [-0.1, -0.05) is 30.5 Å². The van der Waals surface area contributed by atoms with Gasteiger partial charge >= 0.3 is 5.97 Å². The molecular weight excluding hydrogens is 476 g/mol. The van der Waals surface area contributed by atoms with Crippen molar-refractivity contribution in [3.05, 3.63) is 11.6 Å². The van der Waals surface area contributed by atoms with Crippen molar-refractivity contribution in [3.63, 3.8) is 0 Å². The zero-order chi connectivity index (χ0) is 26.1. The molecule has 7 nitrogen and oxygen atoms in total. The van der Waals surface area contributed by atoms with E-state index < -0.39 is 23.5 Å². The van der Waals surface area contributed by atoms with Gasteiger partial charge in [-0.2, -0.15) is 11.8 Å².